The first-order valence-electron chi connectivity index (χ1n) is 4.64. The van der Waals surface area contributed by atoms with Crippen LogP contribution in [-0.2, 0) is 9.53 Å². The van der Waals surface area contributed by atoms with Crippen LogP contribution in [0.15, 0.2) is 0 Å². The average Bonchev–Trinajstić information content (AvgIpc) is 2.36. The summed E-state index contributed by atoms with van der Waals surface area (Å²) >= 11 is 0. The molecule has 3 heteroatoms. The molecule has 0 unspecified atom stereocenters. The Bertz CT molecular complexity index is 159. The molecule has 0 saturated carbocycles. The summed E-state index contributed by atoms with van der Waals surface area (Å²) in [6.07, 6.45) is 2.79. The first-order chi connectivity index (χ1) is 5.72. The van der Waals surface area contributed by atoms with Crippen molar-refractivity contribution in [2.45, 2.75) is 45.2 Å². The zero-order valence-electron chi connectivity index (χ0n) is 7.80. The molecule has 1 rings (SSSR count). The molecular weight excluding hydrogens is 154 g/mol. The van der Waals surface area contributed by atoms with Crippen molar-refractivity contribution < 1.29 is 9.53 Å². The minimum absolute atomic E-state index is 0.0795. The van der Waals surface area contributed by atoms with Crippen LogP contribution in [-0.4, -0.2) is 24.7 Å². The molecule has 1 fully saturated rings. The summed E-state index contributed by atoms with van der Waals surface area (Å²) in [5.41, 5.74) is 0. The molecule has 0 spiro atoms. The maximum atomic E-state index is 11.0. The van der Waals surface area contributed by atoms with Gasteiger partial charge in [-0.25, -0.2) is 0 Å². The van der Waals surface area contributed by atoms with Gasteiger partial charge in [0.2, 0.25) is 0 Å². The van der Waals surface area contributed by atoms with Crippen LogP contribution in [0, 0.1) is 0 Å². The SMILES string of the molecule is CCOC(=O)C[C@H]1CC[C@H](C)N1. The van der Waals surface area contributed by atoms with E-state index in [4.69, 9.17) is 4.74 Å². The zero-order chi connectivity index (χ0) is 8.97. The molecule has 2 atom stereocenters. The number of hydrogen-bond donors (Lipinski definition) is 1. The van der Waals surface area contributed by atoms with Gasteiger partial charge in [0.25, 0.3) is 0 Å². The second-order valence-electron chi connectivity index (χ2n) is 3.35. The summed E-state index contributed by atoms with van der Waals surface area (Å²) in [5.74, 6) is -0.0795. The lowest BCUT2D eigenvalue weighted by molar-refractivity contribution is -0.143. The molecule has 0 aromatic rings. The van der Waals surface area contributed by atoms with E-state index in [1.165, 1.54) is 6.42 Å². The van der Waals surface area contributed by atoms with Crippen LogP contribution >= 0.6 is 0 Å². The highest BCUT2D eigenvalue weighted by Crippen LogP contribution is 2.14. The molecule has 1 aliphatic heterocycles. The summed E-state index contributed by atoms with van der Waals surface area (Å²) in [5, 5.41) is 3.34. The van der Waals surface area contributed by atoms with Crippen LogP contribution in [0.4, 0.5) is 0 Å². The Morgan fingerprint density at radius 3 is 2.83 bits per heavy atom. The largest absolute Gasteiger partial charge is 0.466 e. The van der Waals surface area contributed by atoms with Gasteiger partial charge in [-0.3, -0.25) is 4.79 Å². The van der Waals surface area contributed by atoms with Crippen molar-refractivity contribution in [3.63, 3.8) is 0 Å². The Morgan fingerprint density at radius 1 is 1.58 bits per heavy atom. The summed E-state index contributed by atoms with van der Waals surface area (Å²) in [4.78, 5) is 11.0. The molecule has 3 nitrogen and oxygen atoms in total. The average molecular weight is 171 g/mol. The van der Waals surface area contributed by atoms with Crippen LogP contribution in [0.2, 0.25) is 0 Å². The first kappa shape index (κ1) is 9.52. The quantitative estimate of drug-likeness (QED) is 0.646. The van der Waals surface area contributed by atoms with E-state index in [0.29, 0.717) is 25.1 Å². The molecule has 0 radical (unpaired) electrons. The Morgan fingerprint density at radius 2 is 2.33 bits per heavy atom. The highest BCUT2D eigenvalue weighted by molar-refractivity contribution is 5.70. The fourth-order valence-electron chi connectivity index (χ4n) is 1.60. The van der Waals surface area contributed by atoms with Gasteiger partial charge < -0.3 is 10.1 Å². The smallest absolute Gasteiger partial charge is 0.307 e. The molecule has 70 valence electrons. The Kier molecular flexibility index (Phi) is 3.53. The van der Waals surface area contributed by atoms with Gasteiger partial charge in [0, 0.05) is 12.1 Å². The number of rotatable bonds is 3. The maximum absolute atomic E-state index is 11.0. The van der Waals surface area contributed by atoms with Crippen LogP contribution in [0.1, 0.15) is 33.1 Å². The summed E-state index contributed by atoms with van der Waals surface area (Å²) in [7, 11) is 0. The van der Waals surface area contributed by atoms with E-state index >= 15 is 0 Å². The van der Waals surface area contributed by atoms with Crippen molar-refractivity contribution in [2.75, 3.05) is 6.61 Å². The minimum Gasteiger partial charge on any atom is -0.466 e. The van der Waals surface area contributed by atoms with E-state index in [9.17, 15) is 4.79 Å². The van der Waals surface area contributed by atoms with Gasteiger partial charge in [-0.15, -0.1) is 0 Å². The maximum Gasteiger partial charge on any atom is 0.307 e. The molecule has 0 amide bonds. The van der Waals surface area contributed by atoms with E-state index < -0.39 is 0 Å². The standard InChI is InChI=1S/C9H17NO2/c1-3-12-9(11)6-8-5-4-7(2)10-8/h7-8,10H,3-6H2,1-2H3/t7-,8+/m0/s1. The van der Waals surface area contributed by atoms with Gasteiger partial charge >= 0.3 is 5.97 Å². The van der Waals surface area contributed by atoms with Gasteiger partial charge in [0.1, 0.15) is 0 Å². The molecule has 0 bridgehead atoms. The van der Waals surface area contributed by atoms with Gasteiger partial charge in [-0.05, 0) is 26.7 Å². The normalized spacial score (nSPS) is 28.8. The van der Waals surface area contributed by atoms with Crippen molar-refractivity contribution in [1.29, 1.82) is 0 Å². The van der Waals surface area contributed by atoms with Gasteiger partial charge in [-0.1, -0.05) is 0 Å². The van der Waals surface area contributed by atoms with Crippen LogP contribution in [0.5, 0.6) is 0 Å². The van der Waals surface area contributed by atoms with Crippen molar-refractivity contribution >= 4 is 5.97 Å². The van der Waals surface area contributed by atoms with Gasteiger partial charge in [0.05, 0.1) is 13.0 Å². The first-order valence-corrected chi connectivity index (χ1v) is 4.64. The van der Waals surface area contributed by atoms with Gasteiger partial charge in [0.15, 0.2) is 0 Å². The van der Waals surface area contributed by atoms with Gasteiger partial charge in [-0.2, -0.15) is 0 Å². The Hall–Kier alpha value is -0.570. The molecule has 1 saturated heterocycles. The van der Waals surface area contributed by atoms with Crippen LogP contribution in [0.3, 0.4) is 0 Å². The van der Waals surface area contributed by atoms with E-state index in [-0.39, 0.29) is 5.97 Å². The molecule has 1 N–H and O–H groups in total. The molecule has 0 aromatic heterocycles. The van der Waals surface area contributed by atoms with Crippen molar-refractivity contribution in [3.05, 3.63) is 0 Å². The predicted octanol–water partition coefficient (Wildman–Crippen LogP) is 1.08. The molecule has 12 heavy (non-hydrogen) atoms. The molecule has 0 aliphatic carbocycles. The number of nitrogens with one attached hydrogen (secondary N) is 1. The number of carbonyl (C=O) groups is 1. The number of carbonyl (C=O) groups excluding carboxylic acids is 1. The van der Waals surface area contributed by atoms with E-state index in [0.717, 1.165) is 6.42 Å². The van der Waals surface area contributed by atoms with Crippen LogP contribution < -0.4 is 5.32 Å². The van der Waals surface area contributed by atoms with E-state index in [1.807, 2.05) is 6.92 Å². The minimum atomic E-state index is -0.0795. The second kappa shape index (κ2) is 4.45. The topological polar surface area (TPSA) is 38.3 Å². The van der Waals surface area contributed by atoms with E-state index in [1.54, 1.807) is 0 Å². The highest BCUT2D eigenvalue weighted by atomic mass is 16.5. The predicted molar refractivity (Wildman–Crippen MR) is 46.9 cm³/mol. The molecule has 1 aliphatic rings. The lowest BCUT2D eigenvalue weighted by Gasteiger charge is -2.10. The third kappa shape index (κ3) is 2.81. The third-order valence-electron chi connectivity index (χ3n) is 2.19. The van der Waals surface area contributed by atoms with Crippen molar-refractivity contribution in [1.82, 2.24) is 5.32 Å². The zero-order valence-corrected chi connectivity index (χ0v) is 7.80. The van der Waals surface area contributed by atoms with Crippen molar-refractivity contribution in [3.8, 4) is 0 Å². The monoisotopic (exact) mass is 171 g/mol. The Balaban J connectivity index is 2.18. The van der Waals surface area contributed by atoms with Crippen molar-refractivity contribution in [2.24, 2.45) is 0 Å². The summed E-state index contributed by atoms with van der Waals surface area (Å²) in [6, 6.07) is 0.906. The third-order valence-corrected chi connectivity index (χ3v) is 2.19. The highest BCUT2D eigenvalue weighted by Gasteiger charge is 2.22. The fraction of sp³-hybridized carbons (Fsp3) is 0.889. The number of esters is 1. The summed E-state index contributed by atoms with van der Waals surface area (Å²) < 4.78 is 4.86. The summed E-state index contributed by atoms with van der Waals surface area (Å²) in [6.45, 7) is 4.47. The molecule has 1 heterocycles. The van der Waals surface area contributed by atoms with Crippen LogP contribution in [0.25, 0.3) is 0 Å². The second-order valence-corrected chi connectivity index (χ2v) is 3.35. The lowest BCUT2D eigenvalue weighted by atomic mass is 10.1. The Labute approximate surface area is 73.5 Å². The fourth-order valence-corrected chi connectivity index (χ4v) is 1.60. The lowest BCUT2D eigenvalue weighted by Crippen LogP contribution is -2.29. The molecule has 0 aromatic carbocycles. The number of ether oxygens (including phenoxy) is 1. The number of hydrogen-bond acceptors (Lipinski definition) is 3. The van der Waals surface area contributed by atoms with E-state index in [2.05, 4.69) is 12.2 Å². The molecular formula is C9H17NO2.